The molecule has 2 aliphatic rings. The third-order valence-corrected chi connectivity index (χ3v) is 5.33. The summed E-state index contributed by atoms with van der Waals surface area (Å²) in [7, 11) is 0. The number of carbonyl (C=O) groups excluding carboxylic acids is 2. The van der Waals surface area contributed by atoms with Gasteiger partial charge in [-0.2, -0.15) is 5.10 Å². The normalized spacial score (nSPS) is 16.1. The number of carbonyl (C=O) groups is 2. The lowest BCUT2D eigenvalue weighted by Crippen LogP contribution is -2.39. The largest absolute Gasteiger partial charge is 0.454 e. The molecule has 148 valence electrons. The van der Waals surface area contributed by atoms with E-state index in [1.807, 2.05) is 24.3 Å². The second-order valence-corrected chi connectivity index (χ2v) is 7.26. The van der Waals surface area contributed by atoms with Gasteiger partial charge in [-0.1, -0.05) is 24.6 Å². The van der Waals surface area contributed by atoms with Gasteiger partial charge in [0.2, 0.25) is 0 Å². The maximum atomic E-state index is 12.5. The molecule has 0 unspecified atom stereocenters. The van der Waals surface area contributed by atoms with E-state index in [1.54, 1.807) is 9.47 Å². The van der Waals surface area contributed by atoms with Crippen molar-refractivity contribution in [2.75, 3.05) is 18.1 Å². The number of hydrogen-bond acceptors (Lipinski definition) is 5. The molecule has 0 bridgehead atoms. The van der Waals surface area contributed by atoms with Crippen LogP contribution >= 0.6 is 0 Å². The van der Waals surface area contributed by atoms with Gasteiger partial charge in [0, 0.05) is 25.2 Å². The topological polar surface area (TPSA) is 86.4 Å². The maximum absolute atomic E-state index is 12.5. The minimum absolute atomic E-state index is 0.256. The molecule has 0 saturated heterocycles. The monoisotopic (exact) mass is 384 g/mol. The van der Waals surface area contributed by atoms with Crippen molar-refractivity contribution in [1.29, 1.82) is 0 Å². The Labute approximate surface area is 162 Å². The van der Waals surface area contributed by atoms with Crippen molar-refractivity contribution < 1.29 is 14.3 Å². The molecule has 0 saturated carbocycles. The second kappa shape index (κ2) is 8.00. The zero-order valence-corrected chi connectivity index (χ0v) is 15.8. The van der Waals surface area contributed by atoms with Gasteiger partial charge in [0.1, 0.15) is 12.4 Å². The summed E-state index contributed by atoms with van der Waals surface area (Å²) in [5.41, 5.74) is 1.72. The molecule has 3 heterocycles. The Hall–Kier alpha value is -2.90. The van der Waals surface area contributed by atoms with E-state index in [-0.39, 0.29) is 24.7 Å². The van der Waals surface area contributed by atoms with Crippen molar-refractivity contribution in [2.24, 2.45) is 0 Å². The molecule has 1 aromatic carbocycles. The minimum atomic E-state index is -0.631. The summed E-state index contributed by atoms with van der Waals surface area (Å²) in [6.07, 6.45) is 5.57. The number of nitrogens with zero attached hydrogens (tertiary/aromatic N) is 4. The molecule has 28 heavy (non-hydrogen) atoms. The molecule has 1 amide bonds. The highest BCUT2D eigenvalue weighted by Gasteiger charge is 2.23. The van der Waals surface area contributed by atoms with E-state index >= 15 is 0 Å². The van der Waals surface area contributed by atoms with Crippen LogP contribution in [0.15, 0.2) is 29.1 Å². The molecule has 0 aliphatic carbocycles. The molecule has 8 heteroatoms. The smallest absolute Gasteiger partial charge is 0.346 e. The summed E-state index contributed by atoms with van der Waals surface area (Å²) in [6, 6.07) is 7.77. The number of aryl methyl sites for hydroxylation is 2. The maximum Gasteiger partial charge on any atom is 0.346 e. The lowest BCUT2D eigenvalue weighted by atomic mass is 10.0. The van der Waals surface area contributed by atoms with E-state index in [2.05, 4.69) is 5.10 Å². The zero-order chi connectivity index (χ0) is 19.5. The Morgan fingerprint density at radius 1 is 1.04 bits per heavy atom. The third-order valence-electron chi connectivity index (χ3n) is 5.33. The van der Waals surface area contributed by atoms with E-state index in [0.29, 0.717) is 13.1 Å². The van der Waals surface area contributed by atoms with Crippen molar-refractivity contribution in [3.05, 3.63) is 46.1 Å². The first-order chi connectivity index (χ1) is 13.6. The van der Waals surface area contributed by atoms with Crippen LogP contribution in [0, 0.1) is 0 Å². The molecule has 0 fully saturated rings. The van der Waals surface area contributed by atoms with Crippen LogP contribution in [-0.4, -0.2) is 39.4 Å². The van der Waals surface area contributed by atoms with Gasteiger partial charge in [0.05, 0.1) is 0 Å². The fourth-order valence-corrected chi connectivity index (χ4v) is 3.91. The van der Waals surface area contributed by atoms with Gasteiger partial charge in [-0.15, -0.1) is 0 Å². The van der Waals surface area contributed by atoms with Gasteiger partial charge in [-0.3, -0.25) is 14.2 Å². The quantitative estimate of drug-likeness (QED) is 0.742. The van der Waals surface area contributed by atoms with Crippen LogP contribution in [0.1, 0.15) is 37.1 Å². The van der Waals surface area contributed by atoms with E-state index in [1.165, 1.54) is 0 Å². The summed E-state index contributed by atoms with van der Waals surface area (Å²) in [5.74, 6) is -0.168. The van der Waals surface area contributed by atoms with Crippen LogP contribution in [-0.2, 0) is 40.3 Å². The standard InChI is InChI=1S/C20H24N4O4/c25-18(22-12-6-8-15-7-3-4-9-16(15)22)14-28-19(26)13-24-20(27)23-11-5-1-2-10-17(23)21-24/h3-4,7,9H,1-2,5-6,8,10-14H2. The van der Waals surface area contributed by atoms with Gasteiger partial charge >= 0.3 is 11.7 Å². The molecule has 0 radical (unpaired) electrons. The van der Waals surface area contributed by atoms with Crippen molar-refractivity contribution in [3.63, 3.8) is 0 Å². The van der Waals surface area contributed by atoms with Crippen LogP contribution in [0.4, 0.5) is 5.69 Å². The highest BCUT2D eigenvalue weighted by atomic mass is 16.5. The van der Waals surface area contributed by atoms with Crippen molar-refractivity contribution >= 4 is 17.6 Å². The van der Waals surface area contributed by atoms with Crippen LogP contribution in [0.3, 0.4) is 0 Å². The fourth-order valence-electron chi connectivity index (χ4n) is 3.91. The third kappa shape index (κ3) is 3.72. The number of amides is 1. The average molecular weight is 384 g/mol. The second-order valence-electron chi connectivity index (χ2n) is 7.26. The predicted molar refractivity (Wildman–Crippen MR) is 102 cm³/mol. The van der Waals surface area contributed by atoms with Crippen LogP contribution in [0.5, 0.6) is 0 Å². The van der Waals surface area contributed by atoms with Gasteiger partial charge < -0.3 is 9.64 Å². The Balaban J connectivity index is 1.37. The van der Waals surface area contributed by atoms with Crippen LogP contribution < -0.4 is 10.6 Å². The van der Waals surface area contributed by atoms with Crippen LogP contribution in [0.2, 0.25) is 0 Å². The number of rotatable bonds is 4. The first kappa shape index (κ1) is 18.5. The molecule has 1 aromatic heterocycles. The molecule has 4 rings (SSSR count). The van der Waals surface area contributed by atoms with E-state index in [4.69, 9.17) is 4.74 Å². The lowest BCUT2D eigenvalue weighted by molar-refractivity contribution is -0.148. The summed E-state index contributed by atoms with van der Waals surface area (Å²) in [5, 5.41) is 4.27. The summed E-state index contributed by atoms with van der Waals surface area (Å²) in [4.78, 5) is 38.8. The number of benzene rings is 1. The van der Waals surface area contributed by atoms with Gasteiger partial charge in [-0.25, -0.2) is 9.48 Å². The fraction of sp³-hybridized carbons (Fsp3) is 0.500. The van der Waals surface area contributed by atoms with Gasteiger partial charge in [0.25, 0.3) is 5.91 Å². The molecular formula is C20H24N4O4. The molecule has 0 N–H and O–H groups in total. The summed E-state index contributed by atoms with van der Waals surface area (Å²) >= 11 is 0. The number of anilines is 1. The molecule has 0 spiro atoms. The highest BCUT2D eigenvalue weighted by Crippen LogP contribution is 2.26. The first-order valence-electron chi connectivity index (χ1n) is 9.84. The Bertz CT molecular complexity index is 946. The first-order valence-corrected chi connectivity index (χ1v) is 9.84. The Morgan fingerprint density at radius 3 is 2.79 bits per heavy atom. The van der Waals surface area contributed by atoms with Gasteiger partial charge in [0.15, 0.2) is 6.61 Å². The molecule has 2 aliphatic heterocycles. The molecule has 8 nitrogen and oxygen atoms in total. The molecule has 2 aromatic rings. The van der Waals surface area contributed by atoms with E-state index in [9.17, 15) is 14.4 Å². The predicted octanol–water partition coefficient (Wildman–Crippen LogP) is 1.29. The highest BCUT2D eigenvalue weighted by molar-refractivity contribution is 5.96. The number of para-hydroxylation sites is 1. The Morgan fingerprint density at radius 2 is 1.89 bits per heavy atom. The van der Waals surface area contributed by atoms with Crippen molar-refractivity contribution in [2.45, 2.75) is 51.6 Å². The van der Waals surface area contributed by atoms with E-state index < -0.39 is 5.97 Å². The van der Waals surface area contributed by atoms with Crippen LogP contribution in [0.25, 0.3) is 0 Å². The molecule has 0 atom stereocenters. The lowest BCUT2D eigenvalue weighted by Gasteiger charge is -2.29. The zero-order valence-electron chi connectivity index (χ0n) is 15.8. The number of aromatic nitrogens is 3. The van der Waals surface area contributed by atoms with E-state index in [0.717, 1.165) is 60.3 Å². The Kier molecular flexibility index (Phi) is 5.27. The van der Waals surface area contributed by atoms with Gasteiger partial charge in [-0.05, 0) is 37.3 Å². The number of hydrogen-bond donors (Lipinski definition) is 0. The minimum Gasteiger partial charge on any atom is -0.454 e. The van der Waals surface area contributed by atoms with Crippen molar-refractivity contribution in [3.8, 4) is 0 Å². The number of ether oxygens (including phenoxy) is 1. The number of fused-ring (bicyclic) bond motifs is 2. The van der Waals surface area contributed by atoms with Crippen molar-refractivity contribution in [1.82, 2.24) is 14.3 Å². The average Bonchev–Trinajstić information content (AvgIpc) is 2.87. The molecular weight excluding hydrogens is 360 g/mol. The summed E-state index contributed by atoms with van der Waals surface area (Å²) < 4.78 is 7.93. The SMILES string of the molecule is O=C(Cn1nc2n(c1=O)CCCCC2)OCC(=O)N1CCCc2ccccc21. The summed E-state index contributed by atoms with van der Waals surface area (Å²) in [6.45, 7) is 0.634. The number of esters is 1.